The van der Waals surface area contributed by atoms with Gasteiger partial charge in [-0.05, 0) is 38.3 Å². The molecule has 0 aliphatic heterocycles. The molecule has 0 saturated carbocycles. The summed E-state index contributed by atoms with van der Waals surface area (Å²) in [6.07, 6.45) is 1.33. The quantitative estimate of drug-likeness (QED) is 0.737. The van der Waals surface area contributed by atoms with E-state index in [2.05, 4.69) is 9.72 Å². The highest BCUT2D eigenvalue weighted by molar-refractivity contribution is 5.76. The maximum atomic E-state index is 11.6. The lowest BCUT2D eigenvalue weighted by Gasteiger charge is -2.10. The molecular weight excluding hydrogens is 272 g/mol. The van der Waals surface area contributed by atoms with Gasteiger partial charge in [0.2, 0.25) is 0 Å². The Labute approximate surface area is 125 Å². The lowest BCUT2D eigenvalue weighted by molar-refractivity contribution is -0.144. The van der Waals surface area contributed by atoms with Crippen LogP contribution in [0, 0.1) is 13.8 Å². The summed E-state index contributed by atoms with van der Waals surface area (Å²) in [5.74, 6) is -0.639. The summed E-state index contributed by atoms with van der Waals surface area (Å²) in [6, 6.07) is -0.685. The van der Waals surface area contributed by atoms with E-state index in [0.717, 1.165) is 22.5 Å². The SMILES string of the molecule is CCOC(=O)C(N)Cc1[nH]c(C)c(CCC(=O)OC)c1C. The van der Waals surface area contributed by atoms with Gasteiger partial charge in [-0.25, -0.2) is 0 Å². The van der Waals surface area contributed by atoms with E-state index in [4.69, 9.17) is 10.5 Å². The van der Waals surface area contributed by atoms with Crippen LogP contribution in [0.4, 0.5) is 0 Å². The van der Waals surface area contributed by atoms with Gasteiger partial charge in [0.15, 0.2) is 0 Å². The summed E-state index contributed by atoms with van der Waals surface area (Å²) >= 11 is 0. The van der Waals surface area contributed by atoms with Gasteiger partial charge in [0, 0.05) is 24.2 Å². The Morgan fingerprint density at radius 3 is 2.57 bits per heavy atom. The van der Waals surface area contributed by atoms with Crippen molar-refractivity contribution in [3.63, 3.8) is 0 Å². The van der Waals surface area contributed by atoms with Crippen LogP contribution in [0.5, 0.6) is 0 Å². The molecule has 0 aliphatic carbocycles. The zero-order chi connectivity index (χ0) is 16.0. The molecule has 6 heteroatoms. The Bertz CT molecular complexity index is 508. The molecular formula is C15H24N2O4. The summed E-state index contributed by atoms with van der Waals surface area (Å²) in [5.41, 5.74) is 9.85. The third-order valence-electron chi connectivity index (χ3n) is 3.52. The van der Waals surface area contributed by atoms with Gasteiger partial charge < -0.3 is 20.2 Å². The average molecular weight is 296 g/mol. The summed E-state index contributed by atoms with van der Waals surface area (Å²) in [7, 11) is 1.38. The molecule has 3 N–H and O–H groups in total. The van der Waals surface area contributed by atoms with Crippen molar-refractivity contribution in [2.45, 2.75) is 46.1 Å². The van der Waals surface area contributed by atoms with Crippen LogP contribution in [-0.2, 0) is 31.9 Å². The predicted molar refractivity (Wildman–Crippen MR) is 78.9 cm³/mol. The molecule has 1 unspecified atom stereocenters. The molecule has 21 heavy (non-hydrogen) atoms. The van der Waals surface area contributed by atoms with Crippen LogP contribution in [0.2, 0.25) is 0 Å². The molecule has 1 atom stereocenters. The molecule has 0 saturated heterocycles. The Morgan fingerprint density at radius 2 is 2.00 bits per heavy atom. The van der Waals surface area contributed by atoms with E-state index in [1.807, 2.05) is 13.8 Å². The molecule has 1 aromatic rings. The second kappa shape index (κ2) is 7.83. The summed E-state index contributed by atoms with van der Waals surface area (Å²) in [5, 5.41) is 0. The number of methoxy groups -OCH3 is 1. The van der Waals surface area contributed by atoms with E-state index in [0.29, 0.717) is 25.9 Å². The van der Waals surface area contributed by atoms with Gasteiger partial charge in [0.1, 0.15) is 6.04 Å². The molecule has 0 fully saturated rings. The number of aryl methyl sites for hydroxylation is 1. The number of carbonyl (C=O) groups excluding carboxylic acids is 2. The molecule has 0 aliphatic rings. The Balaban J connectivity index is 2.77. The number of esters is 2. The highest BCUT2D eigenvalue weighted by Gasteiger charge is 2.19. The molecule has 0 radical (unpaired) electrons. The maximum absolute atomic E-state index is 11.6. The van der Waals surface area contributed by atoms with Gasteiger partial charge in [-0.15, -0.1) is 0 Å². The van der Waals surface area contributed by atoms with Crippen molar-refractivity contribution in [3.05, 3.63) is 22.5 Å². The Hall–Kier alpha value is -1.82. The largest absolute Gasteiger partial charge is 0.469 e. The van der Waals surface area contributed by atoms with Gasteiger partial charge in [-0.3, -0.25) is 9.59 Å². The molecule has 0 spiro atoms. The minimum Gasteiger partial charge on any atom is -0.469 e. The fraction of sp³-hybridized carbons (Fsp3) is 0.600. The second-order valence-electron chi connectivity index (χ2n) is 4.97. The van der Waals surface area contributed by atoms with Gasteiger partial charge in [-0.1, -0.05) is 0 Å². The normalized spacial score (nSPS) is 12.0. The minimum absolute atomic E-state index is 0.236. The fourth-order valence-electron chi connectivity index (χ4n) is 2.32. The highest BCUT2D eigenvalue weighted by Crippen LogP contribution is 2.20. The van der Waals surface area contributed by atoms with E-state index in [9.17, 15) is 9.59 Å². The number of hydrogen-bond acceptors (Lipinski definition) is 5. The van der Waals surface area contributed by atoms with Gasteiger partial charge in [-0.2, -0.15) is 0 Å². The van der Waals surface area contributed by atoms with Crippen LogP contribution in [0.1, 0.15) is 35.9 Å². The molecule has 6 nitrogen and oxygen atoms in total. The monoisotopic (exact) mass is 296 g/mol. The standard InChI is InChI=1S/C15H24N2O4/c1-5-21-15(19)12(16)8-13-9(2)11(10(3)17-13)6-7-14(18)20-4/h12,17H,5-8,16H2,1-4H3. The Morgan fingerprint density at radius 1 is 1.33 bits per heavy atom. The number of hydrogen-bond donors (Lipinski definition) is 2. The molecule has 1 heterocycles. The number of H-pyrrole nitrogens is 1. The zero-order valence-electron chi connectivity index (χ0n) is 13.1. The van der Waals surface area contributed by atoms with Crippen molar-refractivity contribution in [2.24, 2.45) is 5.73 Å². The zero-order valence-corrected chi connectivity index (χ0v) is 13.1. The van der Waals surface area contributed by atoms with Crippen LogP contribution >= 0.6 is 0 Å². The Kier molecular flexibility index (Phi) is 6.42. The van der Waals surface area contributed by atoms with Crippen LogP contribution < -0.4 is 5.73 Å². The van der Waals surface area contributed by atoms with Crippen molar-refractivity contribution in [2.75, 3.05) is 13.7 Å². The van der Waals surface area contributed by atoms with Crippen LogP contribution in [0.15, 0.2) is 0 Å². The number of carbonyl (C=O) groups is 2. The van der Waals surface area contributed by atoms with Crippen molar-refractivity contribution in [3.8, 4) is 0 Å². The van der Waals surface area contributed by atoms with E-state index < -0.39 is 12.0 Å². The van der Waals surface area contributed by atoms with Crippen molar-refractivity contribution in [1.29, 1.82) is 0 Å². The van der Waals surface area contributed by atoms with Gasteiger partial charge in [0.25, 0.3) is 0 Å². The maximum Gasteiger partial charge on any atom is 0.323 e. The topological polar surface area (TPSA) is 94.4 Å². The van der Waals surface area contributed by atoms with Crippen molar-refractivity contribution >= 4 is 11.9 Å². The first-order valence-corrected chi connectivity index (χ1v) is 7.06. The third-order valence-corrected chi connectivity index (χ3v) is 3.52. The van der Waals surface area contributed by atoms with E-state index in [1.165, 1.54) is 7.11 Å². The van der Waals surface area contributed by atoms with Crippen molar-refractivity contribution < 1.29 is 19.1 Å². The molecule has 0 bridgehead atoms. The first-order valence-electron chi connectivity index (χ1n) is 7.06. The highest BCUT2D eigenvalue weighted by atomic mass is 16.5. The minimum atomic E-state index is -0.685. The molecule has 0 aromatic carbocycles. The summed E-state index contributed by atoms with van der Waals surface area (Å²) in [6.45, 7) is 5.97. The molecule has 0 amide bonds. The molecule has 1 aromatic heterocycles. The van der Waals surface area contributed by atoms with Crippen molar-refractivity contribution in [1.82, 2.24) is 4.98 Å². The lowest BCUT2D eigenvalue weighted by atomic mass is 10.0. The van der Waals surface area contributed by atoms with Crippen LogP contribution in [0.3, 0.4) is 0 Å². The average Bonchev–Trinajstić information content (AvgIpc) is 2.71. The number of aromatic amines is 1. The predicted octanol–water partition coefficient (Wildman–Crippen LogP) is 1.17. The second-order valence-corrected chi connectivity index (χ2v) is 4.97. The number of nitrogens with two attached hydrogens (primary N) is 1. The van der Waals surface area contributed by atoms with Crippen LogP contribution in [0.25, 0.3) is 0 Å². The number of rotatable bonds is 7. The molecule has 118 valence electrons. The van der Waals surface area contributed by atoms with Crippen LogP contribution in [-0.4, -0.2) is 36.7 Å². The van der Waals surface area contributed by atoms with Gasteiger partial charge >= 0.3 is 11.9 Å². The third kappa shape index (κ3) is 4.60. The van der Waals surface area contributed by atoms with E-state index in [-0.39, 0.29) is 5.97 Å². The fourth-order valence-corrected chi connectivity index (χ4v) is 2.32. The van der Waals surface area contributed by atoms with Gasteiger partial charge in [0.05, 0.1) is 13.7 Å². The number of ether oxygens (including phenoxy) is 2. The summed E-state index contributed by atoms with van der Waals surface area (Å²) < 4.78 is 9.56. The molecule has 1 rings (SSSR count). The first kappa shape index (κ1) is 17.2. The lowest BCUT2D eigenvalue weighted by Crippen LogP contribution is -2.34. The van der Waals surface area contributed by atoms with E-state index >= 15 is 0 Å². The van der Waals surface area contributed by atoms with E-state index in [1.54, 1.807) is 6.92 Å². The number of nitrogens with one attached hydrogen (secondary N) is 1. The summed E-state index contributed by atoms with van der Waals surface area (Å²) in [4.78, 5) is 26.1. The first-order chi connectivity index (χ1) is 9.90. The smallest absolute Gasteiger partial charge is 0.323 e. The number of aromatic nitrogens is 1.